The Labute approximate surface area is 303 Å². The van der Waals surface area contributed by atoms with Crippen molar-refractivity contribution >= 4 is 55.9 Å². The summed E-state index contributed by atoms with van der Waals surface area (Å²) in [5.41, 5.74) is 13.4. The van der Waals surface area contributed by atoms with Gasteiger partial charge in [0.05, 0.1) is 11.0 Å². The van der Waals surface area contributed by atoms with Gasteiger partial charge in [0.25, 0.3) is 0 Å². The first-order valence-corrected chi connectivity index (χ1v) is 17.6. The molecule has 0 aliphatic rings. The fourth-order valence-electron chi connectivity index (χ4n) is 7.40. The van der Waals surface area contributed by atoms with E-state index in [1.807, 2.05) is 12.2 Å². The van der Waals surface area contributed by atoms with E-state index in [9.17, 15) is 0 Å². The maximum atomic E-state index is 6.35. The minimum absolute atomic E-state index is 0.846. The van der Waals surface area contributed by atoms with Gasteiger partial charge in [-0.3, -0.25) is 0 Å². The molecule has 52 heavy (non-hydrogen) atoms. The zero-order valence-electron chi connectivity index (χ0n) is 28.9. The topological polar surface area (TPSA) is 21.3 Å². The lowest BCUT2D eigenvalue weighted by Gasteiger charge is -2.26. The Morgan fingerprint density at radius 3 is 1.73 bits per heavy atom. The summed E-state index contributed by atoms with van der Waals surface area (Å²) in [5.74, 6) is 0.846. The Balaban J connectivity index is 1.12. The summed E-state index contributed by atoms with van der Waals surface area (Å²) >= 11 is 0. The molecule has 0 radical (unpaired) electrons. The predicted octanol–water partition coefficient (Wildman–Crippen LogP) is 13.8. The second kappa shape index (κ2) is 13.1. The number of nitrogens with zero attached hydrogens (tertiary/aromatic N) is 2. The van der Waals surface area contributed by atoms with Crippen LogP contribution >= 0.6 is 0 Å². The second-order valence-electron chi connectivity index (χ2n) is 13.1. The first-order valence-electron chi connectivity index (χ1n) is 17.6. The van der Waals surface area contributed by atoms with Gasteiger partial charge < -0.3 is 13.9 Å². The Kier molecular flexibility index (Phi) is 7.87. The highest BCUT2D eigenvalue weighted by molar-refractivity contribution is 6.09. The number of aryl methyl sites for hydroxylation is 1. The number of para-hydroxylation sites is 2. The van der Waals surface area contributed by atoms with Crippen LogP contribution in [-0.4, -0.2) is 4.57 Å². The van der Waals surface area contributed by atoms with Crippen LogP contribution in [0.25, 0.3) is 66.8 Å². The fourth-order valence-corrected chi connectivity index (χ4v) is 7.40. The average Bonchev–Trinajstić information content (AvgIpc) is 3.71. The molecule has 2 heterocycles. The highest BCUT2D eigenvalue weighted by atomic mass is 16.3. The van der Waals surface area contributed by atoms with E-state index >= 15 is 0 Å². The van der Waals surface area contributed by atoms with Gasteiger partial charge in [0, 0.05) is 50.5 Å². The molecule has 3 nitrogen and oxygen atoms in total. The van der Waals surface area contributed by atoms with Gasteiger partial charge in [0.1, 0.15) is 11.3 Å². The highest BCUT2D eigenvalue weighted by Gasteiger charge is 2.17. The van der Waals surface area contributed by atoms with Crippen LogP contribution in [0.4, 0.5) is 17.1 Å². The molecule has 0 atom stereocenters. The number of benzene rings is 7. The summed E-state index contributed by atoms with van der Waals surface area (Å²) in [5, 5.41) is 3.62. The van der Waals surface area contributed by atoms with Gasteiger partial charge in [0.15, 0.2) is 0 Å². The van der Waals surface area contributed by atoms with Crippen molar-refractivity contribution < 1.29 is 4.42 Å². The third-order valence-corrected chi connectivity index (χ3v) is 9.98. The monoisotopic (exact) mass is 668 g/mol. The van der Waals surface area contributed by atoms with Crippen molar-refractivity contribution in [2.75, 3.05) is 4.90 Å². The van der Waals surface area contributed by atoms with Crippen LogP contribution in [0.1, 0.15) is 11.3 Å². The smallest absolute Gasteiger partial charge is 0.137 e. The number of allylic oxidation sites excluding steroid dienone is 2. The van der Waals surface area contributed by atoms with Crippen LogP contribution < -0.4 is 4.90 Å². The lowest BCUT2D eigenvalue weighted by Crippen LogP contribution is -2.09. The molecular formula is C49H36N2O. The van der Waals surface area contributed by atoms with Gasteiger partial charge in [-0.1, -0.05) is 122 Å². The van der Waals surface area contributed by atoms with Crippen LogP contribution in [0, 0.1) is 6.92 Å². The summed E-state index contributed by atoms with van der Waals surface area (Å²) in [6.45, 7) is 5.92. The average molecular weight is 669 g/mol. The molecule has 0 aliphatic carbocycles. The number of hydrogen-bond donors (Lipinski definition) is 0. The molecule has 248 valence electrons. The van der Waals surface area contributed by atoms with E-state index in [-0.39, 0.29) is 0 Å². The van der Waals surface area contributed by atoms with E-state index in [2.05, 4.69) is 193 Å². The molecule has 2 aromatic heterocycles. The normalized spacial score (nSPS) is 11.6. The molecule has 9 rings (SSSR count). The van der Waals surface area contributed by atoms with Gasteiger partial charge >= 0.3 is 0 Å². The van der Waals surface area contributed by atoms with Crippen LogP contribution in [0.2, 0.25) is 0 Å². The largest absolute Gasteiger partial charge is 0.456 e. The number of fused-ring (bicyclic) bond motifs is 4. The predicted molar refractivity (Wildman–Crippen MR) is 220 cm³/mol. The molecule has 7 aromatic carbocycles. The molecule has 3 heteroatoms. The standard InChI is InChI=1S/C49H36N2O/c1-3-4-21-48-34(2)43-31-30-42(33-49(43)52-48)50(39-26-22-36(23-27-39)35-13-6-5-7-14-35)40-28-24-37(25-29-40)38-15-12-16-41(32-38)51-46-19-10-8-17-44(46)45-18-9-11-20-47(45)51/h3-33H,1H2,2H3/b21-4-. The van der Waals surface area contributed by atoms with Crippen molar-refractivity contribution in [3.63, 3.8) is 0 Å². The maximum absolute atomic E-state index is 6.35. The number of aromatic nitrogens is 1. The van der Waals surface area contributed by atoms with E-state index in [1.54, 1.807) is 6.08 Å². The summed E-state index contributed by atoms with van der Waals surface area (Å²) in [6.07, 6.45) is 5.65. The van der Waals surface area contributed by atoms with Crippen molar-refractivity contribution in [2.24, 2.45) is 0 Å². The van der Waals surface area contributed by atoms with Crippen molar-refractivity contribution in [1.29, 1.82) is 0 Å². The van der Waals surface area contributed by atoms with Crippen LogP contribution in [0.5, 0.6) is 0 Å². The zero-order valence-corrected chi connectivity index (χ0v) is 28.9. The lowest BCUT2D eigenvalue weighted by molar-refractivity contribution is 0.601. The Hall–Kier alpha value is -6.84. The second-order valence-corrected chi connectivity index (χ2v) is 13.1. The molecule has 0 unspecified atom stereocenters. The Bertz CT molecular complexity index is 2690. The Morgan fingerprint density at radius 1 is 0.519 bits per heavy atom. The fraction of sp³-hybridized carbons (Fsp3) is 0.0204. The molecular weight excluding hydrogens is 633 g/mol. The van der Waals surface area contributed by atoms with E-state index < -0.39 is 0 Å². The third-order valence-electron chi connectivity index (χ3n) is 9.98. The molecule has 0 bridgehead atoms. The summed E-state index contributed by atoms with van der Waals surface area (Å²) < 4.78 is 8.72. The molecule has 0 aliphatic heterocycles. The van der Waals surface area contributed by atoms with Gasteiger partial charge in [0.2, 0.25) is 0 Å². The van der Waals surface area contributed by atoms with Gasteiger partial charge in [-0.15, -0.1) is 0 Å². The molecule has 9 aromatic rings. The van der Waals surface area contributed by atoms with E-state index in [1.165, 1.54) is 32.9 Å². The third kappa shape index (κ3) is 5.49. The minimum atomic E-state index is 0.846. The van der Waals surface area contributed by atoms with Crippen molar-refractivity contribution in [1.82, 2.24) is 4.57 Å². The van der Waals surface area contributed by atoms with Crippen molar-refractivity contribution in [3.8, 4) is 27.9 Å². The van der Waals surface area contributed by atoms with Crippen LogP contribution in [0.3, 0.4) is 0 Å². The van der Waals surface area contributed by atoms with E-state index in [0.29, 0.717) is 0 Å². The lowest BCUT2D eigenvalue weighted by atomic mass is 10.0. The van der Waals surface area contributed by atoms with Crippen molar-refractivity contribution in [2.45, 2.75) is 6.92 Å². The number of hydrogen-bond acceptors (Lipinski definition) is 2. The molecule has 0 N–H and O–H groups in total. The minimum Gasteiger partial charge on any atom is -0.456 e. The SMILES string of the molecule is C=C/C=C\c1oc2cc(N(c3ccc(-c4ccccc4)cc3)c3ccc(-c4cccc(-n5c6ccccc6c6ccccc65)c4)cc3)ccc2c1C. The van der Waals surface area contributed by atoms with Crippen molar-refractivity contribution in [3.05, 3.63) is 200 Å². The highest BCUT2D eigenvalue weighted by Crippen LogP contribution is 2.40. The molecule has 0 fully saturated rings. The Morgan fingerprint density at radius 2 is 1.08 bits per heavy atom. The number of rotatable bonds is 8. The zero-order chi connectivity index (χ0) is 35.0. The molecule has 0 spiro atoms. The van der Waals surface area contributed by atoms with Crippen LogP contribution in [-0.2, 0) is 0 Å². The van der Waals surface area contributed by atoms with Crippen LogP contribution in [0.15, 0.2) is 193 Å². The summed E-state index contributed by atoms with van der Waals surface area (Å²) in [6, 6.07) is 60.8. The summed E-state index contributed by atoms with van der Waals surface area (Å²) in [7, 11) is 0. The first-order chi connectivity index (χ1) is 25.7. The summed E-state index contributed by atoms with van der Waals surface area (Å²) in [4.78, 5) is 2.30. The number of furan rings is 1. The molecule has 0 saturated carbocycles. The first kappa shape index (κ1) is 31.2. The molecule has 0 saturated heterocycles. The van der Waals surface area contributed by atoms with Gasteiger partial charge in [-0.2, -0.15) is 0 Å². The number of anilines is 3. The van der Waals surface area contributed by atoms with Gasteiger partial charge in [-0.25, -0.2) is 0 Å². The quantitative estimate of drug-likeness (QED) is 0.150. The van der Waals surface area contributed by atoms with E-state index in [4.69, 9.17) is 4.42 Å². The maximum Gasteiger partial charge on any atom is 0.137 e. The van der Waals surface area contributed by atoms with Gasteiger partial charge in [-0.05, 0) is 95.9 Å². The van der Waals surface area contributed by atoms with E-state index in [0.717, 1.165) is 56.2 Å². The molecule has 0 amide bonds.